The van der Waals surface area contributed by atoms with Crippen molar-refractivity contribution in [3.8, 4) is 0 Å². The molecule has 0 unspecified atom stereocenters. The summed E-state index contributed by atoms with van der Waals surface area (Å²) in [5.74, 6) is 0.829. The summed E-state index contributed by atoms with van der Waals surface area (Å²) < 4.78 is 1.92. The summed E-state index contributed by atoms with van der Waals surface area (Å²) in [6.45, 7) is 10.5. The SMILES string of the molecule is CCNC(=NCc1ccc(C)cc1)NCc1c(C)nn(C)c1C. The first kappa shape index (κ1) is 17.1. The molecule has 23 heavy (non-hydrogen) atoms. The zero-order valence-corrected chi connectivity index (χ0v) is 14.8. The highest BCUT2D eigenvalue weighted by molar-refractivity contribution is 5.79. The Morgan fingerprint density at radius 1 is 1.13 bits per heavy atom. The van der Waals surface area contributed by atoms with Crippen molar-refractivity contribution < 1.29 is 0 Å². The summed E-state index contributed by atoms with van der Waals surface area (Å²) in [6, 6.07) is 8.48. The maximum atomic E-state index is 4.66. The van der Waals surface area contributed by atoms with Crippen LogP contribution in [0, 0.1) is 20.8 Å². The lowest BCUT2D eigenvalue weighted by Crippen LogP contribution is -2.37. The summed E-state index contributed by atoms with van der Waals surface area (Å²) in [4.78, 5) is 4.66. The second kappa shape index (κ2) is 7.81. The van der Waals surface area contributed by atoms with E-state index in [0.29, 0.717) is 6.54 Å². The van der Waals surface area contributed by atoms with Crippen molar-refractivity contribution in [2.75, 3.05) is 6.54 Å². The van der Waals surface area contributed by atoms with Gasteiger partial charge in [-0.3, -0.25) is 4.68 Å². The molecular formula is C18H27N5. The lowest BCUT2D eigenvalue weighted by Gasteiger charge is -2.11. The van der Waals surface area contributed by atoms with Gasteiger partial charge in [0.15, 0.2) is 5.96 Å². The van der Waals surface area contributed by atoms with Gasteiger partial charge in [0.1, 0.15) is 0 Å². The van der Waals surface area contributed by atoms with Gasteiger partial charge in [0.2, 0.25) is 0 Å². The van der Waals surface area contributed by atoms with Crippen molar-refractivity contribution in [3.05, 3.63) is 52.3 Å². The van der Waals surface area contributed by atoms with Crippen molar-refractivity contribution in [2.24, 2.45) is 12.0 Å². The van der Waals surface area contributed by atoms with Gasteiger partial charge in [0.05, 0.1) is 12.2 Å². The molecule has 5 nitrogen and oxygen atoms in total. The third-order valence-corrected chi connectivity index (χ3v) is 3.98. The monoisotopic (exact) mass is 313 g/mol. The number of benzene rings is 1. The van der Waals surface area contributed by atoms with E-state index in [-0.39, 0.29) is 0 Å². The molecule has 0 aliphatic rings. The predicted molar refractivity (Wildman–Crippen MR) is 95.5 cm³/mol. The maximum absolute atomic E-state index is 4.66. The molecule has 2 N–H and O–H groups in total. The van der Waals surface area contributed by atoms with Crippen molar-refractivity contribution in [2.45, 2.75) is 40.8 Å². The summed E-state index contributed by atoms with van der Waals surface area (Å²) in [5.41, 5.74) is 5.96. The Hall–Kier alpha value is -2.30. The van der Waals surface area contributed by atoms with E-state index >= 15 is 0 Å². The van der Waals surface area contributed by atoms with Crippen LogP contribution < -0.4 is 10.6 Å². The fourth-order valence-corrected chi connectivity index (χ4v) is 2.45. The first-order valence-corrected chi connectivity index (χ1v) is 8.08. The van der Waals surface area contributed by atoms with Gasteiger partial charge < -0.3 is 10.6 Å². The number of aliphatic imine (C=N–C) groups is 1. The molecule has 1 aromatic heterocycles. The standard InChI is InChI=1S/C18H27N5/c1-6-19-18(20-11-16-9-7-13(2)8-10-16)21-12-17-14(3)22-23(5)15(17)4/h7-10H,6,11-12H2,1-5H3,(H2,19,20,21). The van der Waals surface area contributed by atoms with Crippen LogP contribution in [0.2, 0.25) is 0 Å². The Bertz CT molecular complexity index is 667. The third kappa shape index (κ3) is 4.58. The largest absolute Gasteiger partial charge is 0.357 e. The summed E-state index contributed by atoms with van der Waals surface area (Å²) in [6.07, 6.45) is 0. The number of aryl methyl sites for hydroxylation is 3. The second-order valence-corrected chi connectivity index (χ2v) is 5.81. The number of nitrogens with zero attached hydrogens (tertiary/aromatic N) is 3. The quantitative estimate of drug-likeness (QED) is 0.659. The molecule has 0 atom stereocenters. The topological polar surface area (TPSA) is 54.2 Å². The Labute approximate surface area is 138 Å². The van der Waals surface area contributed by atoms with Crippen molar-refractivity contribution >= 4 is 5.96 Å². The summed E-state index contributed by atoms with van der Waals surface area (Å²) >= 11 is 0. The zero-order chi connectivity index (χ0) is 16.8. The van der Waals surface area contributed by atoms with Crippen LogP contribution in [0.15, 0.2) is 29.3 Å². The van der Waals surface area contributed by atoms with E-state index in [2.05, 4.69) is 65.8 Å². The highest BCUT2D eigenvalue weighted by atomic mass is 15.3. The minimum Gasteiger partial charge on any atom is -0.357 e. The van der Waals surface area contributed by atoms with Gasteiger partial charge in [-0.2, -0.15) is 5.10 Å². The molecule has 0 fully saturated rings. The molecule has 1 aromatic carbocycles. The Kier molecular flexibility index (Phi) is 5.79. The molecule has 0 spiro atoms. The molecule has 2 aromatic rings. The van der Waals surface area contributed by atoms with Crippen LogP contribution in [0.5, 0.6) is 0 Å². The van der Waals surface area contributed by atoms with Crippen LogP contribution in [0.4, 0.5) is 0 Å². The van der Waals surface area contributed by atoms with Gasteiger partial charge in [-0.05, 0) is 33.3 Å². The molecule has 0 saturated heterocycles. The van der Waals surface area contributed by atoms with Crippen molar-refractivity contribution in [1.82, 2.24) is 20.4 Å². The van der Waals surface area contributed by atoms with Crippen LogP contribution >= 0.6 is 0 Å². The smallest absolute Gasteiger partial charge is 0.191 e. The van der Waals surface area contributed by atoms with E-state index < -0.39 is 0 Å². The number of aromatic nitrogens is 2. The first-order chi connectivity index (χ1) is 11.0. The maximum Gasteiger partial charge on any atom is 0.191 e. The average Bonchev–Trinajstić information content (AvgIpc) is 2.77. The average molecular weight is 313 g/mol. The molecule has 124 valence electrons. The van der Waals surface area contributed by atoms with E-state index in [1.807, 2.05) is 18.7 Å². The number of rotatable bonds is 5. The Balaban J connectivity index is 2.03. The molecule has 0 aliphatic heterocycles. The molecule has 0 saturated carbocycles. The predicted octanol–water partition coefficient (Wildman–Crippen LogP) is 2.60. The van der Waals surface area contributed by atoms with Crippen molar-refractivity contribution in [3.63, 3.8) is 0 Å². The number of nitrogens with one attached hydrogen (secondary N) is 2. The second-order valence-electron chi connectivity index (χ2n) is 5.81. The van der Waals surface area contributed by atoms with Gasteiger partial charge >= 0.3 is 0 Å². The van der Waals surface area contributed by atoms with Crippen LogP contribution in [0.3, 0.4) is 0 Å². The van der Waals surface area contributed by atoms with Gasteiger partial charge in [-0.25, -0.2) is 4.99 Å². The Morgan fingerprint density at radius 3 is 2.39 bits per heavy atom. The van der Waals surface area contributed by atoms with Crippen LogP contribution in [-0.4, -0.2) is 22.3 Å². The zero-order valence-electron chi connectivity index (χ0n) is 14.8. The fraction of sp³-hybridized carbons (Fsp3) is 0.444. The minimum atomic E-state index is 0.667. The van der Waals surface area contributed by atoms with Gasteiger partial charge in [-0.1, -0.05) is 29.8 Å². The molecule has 0 amide bonds. The first-order valence-electron chi connectivity index (χ1n) is 8.08. The lowest BCUT2D eigenvalue weighted by atomic mass is 10.1. The highest BCUT2D eigenvalue weighted by Crippen LogP contribution is 2.11. The number of hydrogen-bond donors (Lipinski definition) is 2. The van der Waals surface area contributed by atoms with Crippen molar-refractivity contribution in [1.29, 1.82) is 0 Å². The highest BCUT2D eigenvalue weighted by Gasteiger charge is 2.09. The molecular weight excluding hydrogens is 286 g/mol. The molecule has 0 aliphatic carbocycles. The van der Waals surface area contributed by atoms with Crippen LogP contribution in [0.1, 0.15) is 35.0 Å². The molecule has 1 heterocycles. The van der Waals surface area contributed by atoms with Gasteiger partial charge in [-0.15, -0.1) is 0 Å². The molecule has 0 radical (unpaired) electrons. The summed E-state index contributed by atoms with van der Waals surface area (Å²) in [7, 11) is 1.97. The number of guanidine groups is 1. The number of hydrogen-bond acceptors (Lipinski definition) is 2. The molecule has 2 rings (SSSR count). The van der Waals surface area contributed by atoms with E-state index in [4.69, 9.17) is 0 Å². The van der Waals surface area contributed by atoms with E-state index in [1.165, 1.54) is 22.4 Å². The van der Waals surface area contributed by atoms with Crippen LogP contribution in [-0.2, 0) is 20.1 Å². The van der Waals surface area contributed by atoms with E-state index in [1.54, 1.807) is 0 Å². The van der Waals surface area contributed by atoms with Gasteiger partial charge in [0.25, 0.3) is 0 Å². The lowest BCUT2D eigenvalue weighted by molar-refractivity contribution is 0.728. The Morgan fingerprint density at radius 2 is 1.83 bits per heavy atom. The molecule has 5 heteroatoms. The van der Waals surface area contributed by atoms with Gasteiger partial charge in [0, 0.05) is 31.4 Å². The summed E-state index contributed by atoms with van der Waals surface area (Å²) in [5, 5.41) is 11.1. The molecule has 0 bridgehead atoms. The minimum absolute atomic E-state index is 0.667. The van der Waals surface area contributed by atoms with E-state index in [9.17, 15) is 0 Å². The normalized spacial score (nSPS) is 11.6. The fourth-order valence-electron chi connectivity index (χ4n) is 2.45. The van der Waals surface area contributed by atoms with Crippen LogP contribution in [0.25, 0.3) is 0 Å². The van der Waals surface area contributed by atoms with E-state index in [0.717, 1.165) is 24.7 Å². The third-order valence-electron chi connectivity index (χ3n) is 3.98.